The van der Waals surface area contributed by atoms with Gasteiger partial charge >= 0.3 is 0 Å². The van der Waals surface area contributed by atoms with Crippen molar-refractivity contribution in [1.82, 2.24) is 0 Å². The first-order chi connectivity index (χ1) is 12.0. The van der Waals surface area contributed by atoms with Crippen molar-refractivity contribution < 1.29 is 9.28 Å². The van der Waals surface area contributed by atoms with Crippen LogP contribution in [0.1, 0.15) is 35.1 Å². The summed E-state index contributed by atoms with van der Waals surface area (Å²) < 4.78 is 0.911. The van der Waals surface area contributed by atoms with Crippen LogP contribution in [-0.4, -0.2) is 29.9 Å². The van der Waals surface area contributed by atoms with Crippen LogP contribution in [0.5, 0.6) is 0 Å². The lowest BCUT2D eigenvalue weighted by molar-refractivity contribution is -0.922. The normalized spacial score (nSPS) is 16.1. The van der Waals surface area contributed by atoms with Crippen LogP contribution in [0.25, 0.3) is 0 Å². The first-order valence-corrected chi connectivity index (χ1v) is 9.52. The number of halogens is 1. The molecular weight excluding hydrogens is 330 g/mol. The van der Waals surface area contributed by atoms with Crippen LogP contribution < -0.4 is 0 Å². The highest BCUT2D eigenvalue weighted by Crippen LogP contribution is 2.25. The molecule has 0 amide bonds. The number of rotatable bonds is 6. The zero-order chi connectivity index (χ0) is 17.9. The Balaban J connectivity index is 1.74. The molecule has 1 aliphatic heterocycles. The summed E-state index contributed by atoms with van der Waals surface area (Å²) in [5.41, 5.74) is 4.71. The summed E-state index contributed by atoms with van der Waals surface area (Å²) in [5.74, 6) is 0.339. The van der Waals surface area contributed by atoms with Gasteiger partial charge in [0.25, 0.3) is 0 Å². The molecule has 0 saturated carbocycles. The fourth-order valence-corrected chi connectivity index (χ4v) is 4.52. The number of benzene rings is 2. The van der Waals surface area contributed by atoms with Crippen LogP contribution in [-0.2, 0) is 17.8 Å². The summed E-state index contributed by atoms with van der Waals surface area (Å²) in [6.45, 7) is 7.91. The van der Waals surface area contributed by atoms with E-state index in [9.17, 15) is 4.79 Å². The molecule has 0 spiro atoms. The predicted octanol–water partition coefficient (Wildman–Crippen LogP) is 4.88. The maximum absolute atomic E-state index is 12.9. The van der Waals surface area contributed by atoms with E-state index < -0.39 is 0 Å². The molecule has 0 aromatic heterocycles. The smallest absolute Gasteiger partial charge is 0.191 e. The maximum Gasteiger partial charge on any atom is 0.191 e. The molecule has 0 N–H and O–H groups in total. The van der Waals surface area contributed by atoms with Crippen LogP contribution in [0.3, 0.4) is 0 Å². The third-order valence-electron chi connectivity index (χ3n) is 5.42. The van der Waals surface area contributed by atoms with E-state index in [4.69, 9.17) is 11.6 Å². The average Bonchev–Trinajstić information content (AvgIpc) is 2.99. The Labute approximate surface area is 156 Å². The van der Waals surface area contributed by atoms with Crippen molar-refractivity contribution >= 4 is 17.4 Å². The van der Waals surface area contributed by atoms with Gasteiger partial charge in [-0.25, -0.2) is 0 Å². The van der Waals surface area contributed by atoms with Crippen molar-refractivity contribution in [2.24, 2.45) is 0 Å². The minimum atomic E-state index is 0.339. The maximum atomic E-state index is 12.9. The fourth-order valence-electron chi connectivity index (χ4n) is 4.20. The minimum Gasteiger partial charge on any atom is -0.314 e. The van der Waals surface area contributed by atoms with Crippen molar-refractivity contribution in [3.05, 3.63) is 69.7 Å². The standard InChI is InChI=1S/C22H27ClNO/c1-17-12-20(23)13-18(2)22(17)14-21(25)16-24(10-6-7-11-24)15-19-8-4-3-5-9-19/h3-5,8-9,12-13H,6-7,10-11,14-16H2,1-2H3/q+1. The first-order valence-electron chi connectivity index (χ1n) is 9.14. The Morgan fingerprint density at radius 1 is 1.04 bits per heavy atom. The first kappa shape index (κ1) is 18.2. The Hall–Kier alpha value is -1.64. The van der Waals surface area contributed by atoms with Crippen molar-refractivity contribution in [3.8, 4) is 0 Å². The summed E-state index contributed by atoms with van der Waals surface area (Å²) in [7, 11) is 0. The molecule has 3 heteroatoms. The van der Waals surface area contributed by atoms with Crippen molar-refractivity contribution in [3.63, 3.8) is 0 Å². The Morgan fingerprint density at radius 3 is 2.24 bits per heavy atom. The van der Waals surface area contributed by atoms with Gasteiger partial charge in [-0.2, -0.15) is 0 Å². The molecule has 0 unspecified atom stereocenters. The zero-order valence-corrected chi connectivity index (χ0v) is 16.0. The van der Waals surface area contributed by atoms with E-state index in [1.165, 1.54) is 18.4 Å². The Morgan fingerprint density at radius 2 is 1.64 bits per heavy atom. The number of carbonyl (C=O) groups excluding carboxylic acids is 1. The van der Waals surface area contributed by atoms with Gasteiger partial charge in [0.1, 0.15) is 13.1 Å². The highest BCUT2D eigenvalue weighted by Gasteiger charge is 2.34. The zero-order valence-electron chi connectivity index (χ0n) is 15.2. The largest absolute Gasteiger partial charge is 0.314 e. The van der Waals surface area contributed by atoms with Crippen LogP contribution in [0.2, 0.25) is 5.02 Å². The van der Waals surface area contributed by atoms with E-state index in [1.807, 2.05) is 26.0 Å². The third kappa shape index (κ3) is 4.50. The lowest BCUT2D eigenvalue weighted by Crippen LogP contribution is -2.48. The van der Waals surface area contributed by atoms with Gasteiger partial charge in [0.05, 0.1) is 13.1 Å². The average molecular weight is 357 g/mol. The Bertz CT molecular complexity index is 725. The van der Waals surface area contributed by atoms with Gasteiger partial charge in [0, 0.05) is 29.8 Å². The molecule has 1 saturated heterocycles. The predicted molar refractivity (Wildman–Crippen MR) is 104 cm³/mol. The van der Waals surface area contributed by atoms with E-state index in [0.29, 0.717) is 18.7 Å². The quantitative estimate of drug-likeness (QED) is 0.674. The summed E-state index contributed by atoms with van der Waals surface area (Å²) in [5, 5.41) is 0.748. The number of hydrogen-bond acceptors (Lipinski definition) is 1. The molecule has 2 aromatic carbocycles. The monoisotopic (exact) mass is 356 g/mol. The molecule has 1 heterocycles. The van der Waals surface area contributed by atoms with E-state index in [2.05, 4.69) is 30.3 Å². The number of carbonyl (C=O) groups is 1. The van der Waals surface area contributed by atoms with Gasteiger partial charge < -0.3 is 4.48 Å². The second-order valence-corrected chi connectivity index (χ2v) is 7.97. The number of ketones is 1. The van der Waals surface area contributed by atoms with Crippen molar-refractivity contribution in [1.29, 1.82) is 0 Å². The second kappa shape index (κ2) is 7.72. The van der Waals surface area contributed by atoms with Gasteiger partial charge in [-0.05, 0) is 42.7 Å². The van der Waals surface area contributed by atoms with E-state index in [-0.39, 0.29) is 0 Å². The van der Waals surface area contributed by atoms with E-state index in [1.54, 1.807) is 0 Å². The number of Topliss-reactive ketones (excluding diaryl/α,β-unsaturated/α-hetero) is 1. The molecule has 1 fully saturated rings. The third-order valence-corrected chi connectivity index (χ3v) is 5.64. The molecule has 0 radical (unpaired) electrons. The number of aryl methyl sites for hydroxylation is 2. The molecule has 0 aliphatic carbocycles. The topological polar surface area (TPSA) is 17.1 Å². The summed E-state index contributed by atoms with van der Waals surface area (Å²) in [6, 6.07) is 14.5. The van der Waals surface area contributed by atoms with Gasteiger partial charge in [-0.15, -0.1) is 0 Å². The second-order valence-electron chi connectivity index (χ2n) is 7.53. The van der Waals surface area contributed by atoms with Gasteiger partial charge in [-0.3, -0.25) is 4.79 Å². The summed E-state index contributed by atoms with van der Waals surface area (Å²) in [6.07, 6.45) is 2.96. The SMILES string of the molecule is Cc1cc(Cl)cc(C)c1CC(=O)C[N+]1(Cc2ccccc2)CCCC1. The lowest BCUT2D eigenvalue weighted by Gasteiger charge is -2.34. The molecule has 2 aromatic rings. The molecule has 132 valence electrons. The van der Waals surface area contributed by atoms with Crippen LogP contribution >= 0.6 is 11.6 Å². The molecule has 0 atom stereocenters. The van der Waals surface area contributed by atoms with E-state index in [0.717, 1.165) is 45.8 Å². The molecular formula is C22H27ClNO+. The van der Waals surface area contributed by atoms with Gasteiger partial charge in [-0.1, -0.05) is 41.9 Å². The van der Waals surface area contributed by atoms with Crippen LogP contribution in [0.15, 0.2) is 42.5 Å². The van der Waals surface area contributed by atoms with Crippen LogP contribution in [0, 0.1) is 13.8 Å². The summed E-state index contributed by atoms with van der Waals surface area (Å²) >= 11 is 6.12. The number of quaternary nitrogens is 1. The summed E-state index contributed by atoms with van der Waals surface area (Å²) in [4.78, 5) is 12.9. The van der Waals surface area contributed by atoms with Crippen molar-refractivity contribution in [2.75, 3.05) is 19.6 Å². The van der Waals surface area contributed by atoms with Crippen LogP contribution in [0.4, 0.5) is 0 Å². The fraction of sp³-hybridized carbons (Fsp3) is 0.409. The van der Waals surface area contributed by atoms with Gasteiger partial charge in [0.15, 0.2) is 5.78 Å². The number of hydrogen-bond donors (Lipinski definition) is 0. The minimum absolute atomic E-state index is 0.339. The van der Waals surface area contributed by atoms with Gasteiger partial charge in [0.2, 0.25) is 0 Å². The molecule has 3 rings (SSSR count). The molecule has 25 heavy (non-hydrogen) atoms. The molecule has 0 bridgehead atoms. The highest BCUT2D eigenvalue weighted by molar-refractivity contribution is 6.30. The number of nitrogens with zero attached hydrogens (tertiary/aromatic N) is 1. The van der Waals surface area contributed by atoms with E-state index >= 15 is 0 Å². The number of likely N-dealkylation sites (tertiary alicyclic amines) is 1. The highest BCUT2D eigenvalue weighted by atomic mass is 35.5. The molecule has 2 nitrogen and oxygen atoms in total. The Kier molecular flexibility index (Phi) is 5.61. The van der Waals surface area contributed by atoms with Crippen molar-refractivity contribution in [2.45, 2.75) is 39.7 Å². The lowest BCUT2D eigenvalue weighted by atomic mass is 9.97. The molecule has 1 aliphatic rings.